The van der Waals surface area contributed by atoms with Crippen molar-refractivity contribution in [2.45, 2.75) is 6.92 Å². The third-order valence-electron chi connectivity index (χ3n) is 2.48. The summed E-state index contributed by atoms with van der Waals surface area (Å²) in [7, 11) is 1.39. The fourth-order valence-corrected chi connectivity index (χ4v) is 1.77. The highest BCUT2D eigenvalue weighted by atomic mass is 16.5. The van der Waals surface area contributed by atoms with Crippen LogP contribution in [0.4, 0.5) is 0 Å². The Morgan fingerprint density at radius 2 is 2.12 bits per heavy atom. The predicted octanol–water partition coefficient (Wildman–Crippen LogP) is 1.65. The van der Waals surface area contributed by atoms with Crippen LogP contribution in [-0.4, -0.2) is 15.8 Å². The first-order valence-electron chi connectivity index (χ1n) is 5.01. The minimum atomic E-state index is -1.19. The molecule has 1 aromatic heterocycles. The van der Waals surface area contributed by atoms with Crippen molar-refractivity contribution in [2.24, 2.45) is 7.05 Å². The molecule has 0 fully saturated rings. The Kier molecular flexibility index (Phi) is 2.59. The molecule has 0 bridgehead atoms. The van der Waals surface area contributed by atoms with E-state index in [9.17, 15) is 9.59 Å². The molecule has 1 N–H and O–H groups in total. The van der Waals surface area contributed by atoms with E-state index in [1.165, 1.54) is 7.05 Å². The van der Waals surface area contributed by atoms with E-state index >= 15 is 0 Å². The molecule has 1 aromatic carbocycles. The van der Waals surface area contributed by atoms with Crippen LogP contribution in [0, 0.1) is 6.92 Å². The maximum Gasteiger partial charge on any atom is 0.366 e. The lowest BCUT2D eigenvalue weighted by Crippen LogP contribution is -2.06. The summed E-state index contributed by atoms with van der Waals surface area (Å²) in [5, 5.41) is 9.07. The molecule has 1 heterocycles. The Hall–Kier alpha value is -2.30. The van der Waals surface area contributed by atoms with E-state index in [4.69, 9.17) is 9.63 Å². The number of aromatic nitrogens is 1. The van der Waals surface area contributed by atoms with Crippen molar-refractivity contribution >= 4 is 5.97 Å². The number of carboxylic acid groups (broad SMARTS) is 1. The SMILES string of the molecule is Cc1cccc(-c2c(C(=O)O)n(C)oc2=O)c1. The average Bonchev–Trinajstić information content (AvgIpc) is 2.53. The van der Waals surface area contributed by atoms with Crippen molar-refractivity contribution in [1.82, 2.24) is 4.74 Å². The number of carboxylic acids is 1. The Labute approximate surface area is 96.9 Å². The van der Waals surface area contributed by atoms with Gasteiger partial charge in [-0.2, -0.15) is 0 Å². The van der Waals surface area contributed by atoms with Gasteiger partial charge in [0.05, 0.1) is 0 Å². The van der Waals surface area contributed by atoms with Crippen LogP contribution in [0.1, 0.15) is 16.1 Å². The summed E-state index contributed by atoms with van der Waals surface area (Å²) in [6.45, 7) is 1.87. The molecule has 5 heteroatoms. The first-order valence-corrected chi connectivity index (χ1v) is 5.01. The summed E-state index contributed by atoms with van der Waals surface area (Å²) in [5.41, 5.74) is 0.804. The molecule has 0 atom stereocenters. The highest BCUT2D eigenvalue weighted by Gasteiger charge is 2.22. The molecule has 0 spiro atoms. The summed E-state index contributed by atoms with van der Waals surface area (Å²) in [5.74, 6) is -1.19. The Balaban J connectivity index is 2.75. The van der Waals surface area contributed by atoms with Crippen molar-refractivity contribution in [2.75, 3.05) is 0 Å². The highest BCUT2D eigenvalue weighted by Crippen LogP contribution is 2.21. The molecule has 0 saturated carbocycles. The van der Waals surface area contributed by atoms with Crippen LogP contribution in [-0.2, 0) is 7.05 Å². The number of hydrogen-bond donors (Lipinski definition) is 1. The molecule has 0 aliphatic rings. The molecule has 0 radical (unpaired) electrons. The molecule has 5 nitrogen and oxygen atoms in total. The van der Waals surface area contributed by atoms with Crippen LogP contribution in [0.5, 0.6) is 0 Å². The zero-order valence-electron chi connectivity index (χ0n) is 9.43. The van der Waals surface area contributed by atoms with E-state index in [-0.39, 0.29) is 11.3 Å². The van der Waals surface area contributed by atoms with Crippen LogP contribution >= 0.6 is 0 Å². The normalized spacial score (nSPS) is 10.5. The van der Waals surface area contributed by atoms with E-state index in [1.807, 2.05) is 13.0 Å². The van der Waals surface area contributed by atoms with Crippen molar-refractivity contribution in [3.05, 3.63) is 45.9 Å². The minimum absolute atomic E-state index is 0.0868. The first-order chi connectivity index (χ1) is 8.00. The molecule has 0 amide bonds. The topological polar surface area (TPSA) is 72.4 Å². The van der Waals surface area contributed by atoms with Crippen molar-refractivity contribution < 1.29 is 14.4 Å². The molecule has 2 aromatic rings. The lowest BCUT2D eigenvalue weighted by Gasteiger charge is -2.00. The number of nitrogens with zero attached hydrogens (tertiary/aromatic N) is 1. The van der Waals surface area contributed by atoms with E-state index in [0.29, 0.717) is 5.56 Å². The van der Waals surface area contributed by atoms with Gasteiger partial charge in [-0.3, -0.25) is 0 Å². The Morgan fingerprint density at radius 3 is 2.71 bits per heavy atom. The number of aromatic carboxylic acids is 1. The van der Waals surface area contributed by atoms with Crippen molar-refractivity contribution in [1.29, 1.82) is 0 Å². The Morgan fingerprint density at radius 1 is 1.41 bits per heavy atom. The molecule has 0 saturated heterocycles. The van der Waals surface area contributed by atoms with Gasteiger partial charge in [-0.25, -0.2) is 14.3 Å². The van der Waals surface area contributed by atoms with Gasteiger partial charge in [0.2, 0.25) is 0 Å². The summed E-state index contributed by atoms with van der Waals surface area (Å²) >= 11 is 0. The molecule has 2 rings (SSSR count). The smallest absolute Gasteiger partial charge is 0.366 e. The number of hydrogen-bond acceptors (Lipinski definition) is 3. The van der Waals surface area contributed by atoms with Gasteiger partial charge in [-0.05, 0) is 12.5 Å². The van der Waals surface area contributed by atoms with Crippen molar-refractivity contribution in [3.63, 3.8) is 0 Å². The summed E-state index contributed by atoms with van der Waals surface area (Å²) < 4.78 is 5.76. The average molecular weight is 233 g/mol. The second kappa shape index (κ2) is 3.93. The third kappa shape index (κ3) is 1.87. The second-order valence-corrected chi connectivity index (χ2v) is 3.77. The molecular formula is C12H11NO4. The van der Waals surface area contributed by atoms with Gasteiger partial charge in [0.1, 0.15) is 5.56 Å². The fraction of sp³-hybridized carbons (Fsp3) is 0.167. The largest absolute Gasteiger partial charge is 0.476 e. The van der Waals surface area contributed by atoms with Crippen LogP contribution in [0.15, 0.2) is 33.6 Å². The highest BCUT2D eigenvalue weighted by molar-refractivity contribution is 5.93. The fourth-order valence-electron chi connectivity index (χ4n) is 1.77. The maximum atomic E-state index is 11.6. The molecule has 0 unspecified atom stereocenters. The van der Waals surface area contributed by atoms with Gasteiger partial charge < -0.3 is 9.63 Å². The lowest BCUT2D eigenvalue weighted by molar-refractivity contribution is 0.0673. The minimum Gasteiger partial charge on any atom is -0.476 e. The molecular weight excluding hydrogens is 222 g/mol. The van der Waals surface area contributed by atoms with Crippen LogP contribution in [0.25, 0.3) is 11.1 Å². The number of aryl methyl sites for hydroxylation is 2. The summed E-state index contributed by atoms with van der Waals surface area (Å²) in [6.07, 6.45) is 0. The van der Waals surface area contributed by atoms with Crippen molar-refractivity contribution in [3.8, 4) is 11.1 Å². The van der Waals surface area contributed by atoms with E-state index in [1.54, 1.807) is 18.2 Å². The van der Waals surface area contributed by atoms with Gasteiger partial charge in [0.25, 0.3) is 0 Å². The van der Waals surface area contributed by atoms with E-state index < -0.39 is 11.6 Å². The van der Waals surface area contributed by atoms with Crippen LogP contribution in [0.3, 0.4) is 0 Å². The molecule has 0 aliphatic carbocycles. The maximum absolute atomic E-state index is 11.6. The monoisotopic (exact) mass is 233 g/mol. The van der Waals surface area contributed by atoms with E-state index in [2.05, 4.69) is 0 Å². The van der Waals surface area contributed by atoms with Gasteiger partial charge in [0, 0.05) is 7.05 Å². The Bertz CT molecular complexity index is 636. The van der Waals surface area contributed by atoms with Gasteiger partial charge in [-0.15, -0.1) is 0 Å². The zero-order valence-corrected chi connectivity index (χ0v) is 9.43. The zero-order chi connectivity index (χ0) is 12.6. The van der Waals surface area contributed by atoms with Crippen LogP contribution in [0.2, 0.25) is 0 Å². The molecule has 17 heavy (non-hydrogen) atoms. The van der Waals surface area contributed by atoms with Gasteiger partial charge >= 0.3 is 11.6 Å². The summed E-state index contributed by atoms with van der Waals surface area (Å²) in [6, 6.07) is 7.07. The quantitative estimate of drug-likeness (QED) is 0.856. The van der Waals surface area contributed by atoms with E-state index in [0.717, 1.165) is 10.3 Å². The summed E-state index contributed by atoms with van der Waals surface area (Å²) in [4.78, 5) is 22.7. The second-order valence-electron chi connectivity index (χ2n) is 3.77. The van der Waals surface area contributed by atoms with Crippen LogP contribution < -0.4 is 5.63 Å². The molecule has 88 valence electrons. The lowest BCUT2D eigenvalue weighted by atomic mass is 10.0. The van der Waals surface area contributed by atoms with Gasteiger partial charge in [0.15, 0.2) is 5.69 Å². The first kappa shape index (κ1) is 11.2. The third-order valence-corrected chi connectivity index (χ3v) is 2.48. The van der Waals surface area contributed by atoms with Gasteiger partial charge in [-0.1, -0.05) is 29.8 Å². The number of carbonyl (C=O) groups is 1. The molecule has 0 aliphatic heterocycles. The number of rotatable bonds is 2. The standard InChI is InChI=1S/C12H11NO4/c1-7-4-3-5-8(6-7)9-10(11(14)15)13(2)17-12(9)16/h3-6H,1-2H3,(H,14,15). The predicted molar refractivity (Wildman–Crippen MR) is 61.1 cm³/mol. The number of benzene rings is 1.